The van der Waals surface area contributed by atoms with Crippen molar-refractivity contribution in [1.82, 2.24) is 4.83 Å². The van der Waals surface area contributed by atoms with E-state index in [-0.39, 0.29) is 4.90 Å². The predicted octanol–water partition coefficient (Wildman–Crippen LogP) is 4.41. The summed E-state index contributed by atoms with van der Waals surface area (Å²) in [7, 11) is -3.72. The van der Waals surface area contributed by atoms with E-state index in [4.69, 9.17) is 4.74 Å². The van der Waals surface area contributed by atoms with Crippen molar-refractivity contribution in [2.45, 2.75) is 18.7 Å². The molecule has 6 heteroatoms. The number of hydrogen-bond acceptors (Lipinski definition) is 4. The summed E-state index contributed by atoms with van der Waals surface area (Å²) in [6.07, 6.45) is 1.44. The van der Waals surface area contributed by atoms with Crippen LogP contribution in [-0.4, -0.2) is 14.6 Å². The van der Waals surface area contributed by atoms with Crippen LogP contribution in [0.4, 0.5) is 0 Å². The highest BCUT2D eigenvalue weighted by molar-refractivity contribution is 7.89. The SMILES string of the molecule is Cc1ccc(C)c(S(=O)(=O)N/N=C/c2cccc(Oc3ccccc3)c2)c1. The van der Waals surface area contributed by atoms with Crippen molar-refractivity contribution >= 4 is 16.2 Å². The summed E-state index contributed by atoms with van der Waals surface area (Å²) >= 11 is 0. The first-order valence-corrected chi connectivity index (χ1v) is 9.87. The van der Waals surface area contributed by atoms with Gasteiger partial charge >= 0.3 is 0 Å². The molecule has 138 valence electrons. The lowest BCUT2D eigenvalue weighted by Crippen LogP contribution is -2.19. The number of hydrogen-bond donors (Lipinski definition) is 1. The van der Waals surface area contributed by atoms with Crippen molar-refractivity contribution in [2.75, 3.05) is 0 Å². The van der Waals surface area contributed by atoms with Gasteiger partial charge < -0.3 is 4.74 Å². The second kappa shape index (κ2) is 8.05. The maximum Gasteiger partial charge on any atom is 0.276 e. The summed E-state index contributed by atoms with van der Waals surface area (Å²) in [4.78, 5) is 2.48. The zero-order valence-electron chi connectivity index (χ0n) is 15.1. The van der Waals surface area contributed by atoms with Crippen LogP contribution in [0.5, 0.6) is 11.5 Å². The third-order valence-electron chi connectivity index (χ3n) is 3.86. The molecule has 0 aliphatic heterocycles. The van der Waals surface area contributed by atoms with Crippen LogP contribution in [0.25, 0.3) is 0 Å². The minimum absolute atomic E-state index is 0.223. The highest BCUT2D eigenvalue weighted by Crippen LogP contribution is 2.21. The lowest BCUT2D eigenvalue weighted by molar-refractivity contribution is 0.482. The fourth-order valence-electron chi connectivity index (χ4n) is 2.50. The van der Waals surface area contributed by atoms with Gasteiger partial charge in [0.25, 0.3) is 10.0 Å². The van der Waals surface area contributed by atoms with E-state index in [9.17, 15) is 8.42 Å². The molecular formula is C21H20N2O3S. The Labute approximate surface area is 159 Å². The van der Waals surface area contributed by atoms with Crippen molar-refractivity contribution in [2.24, 2.45) is 5.10 Å². The number of benzene rings is 3. The molecule has 27 heavy (non-hydrogen) atoms. The van der Waals surface area contributed by atoms with Gasteiger partial charge in [-0.3, -0.25) is 0 Å². The second-order valence-electron chi connectivity index (χ2n) is 6.11. The number of rotatable bonds is 6. The third-order valence-corrected chi connectivity index (χ3v) is 5.22. The average Bonchev–Trinajstić information content (AvgIpc) is 2.65. The minimum atomic E-state index is -3.72. The predicted molar refractivity (Wildman–Crippen MR) is 107 cm³/mol. The van der Waals surface area contributed by atoms with Crippen LogP contribution < -0.4 is 9.57 Å². The van der Waals surface area contributed by atoms with Gasteiger partial charge in [0.1, 0.15) is 11.5 Å². The van der Waals surface area contributed by atoms with Crippen LogP contribution in [0.3, 0.4) is 0 Å². The molecule has 3 aromatic rings. The molecule has 0 amide bonds. The molecule has 0 aromatic heterocycles. The third kappa shape index (κ3) is 4.95. The first kappa shape index (κ1) is 18.7. The smallest absolute Gasteiger partial charge is 0.276 e. The average molecular weight is 380 g/mol. The van der Waals surface area contributed by atoms with E-state index in [1.54, 1.807) is 25.1 Å². The highest BCUT2D eigenvalue weighted by atomic mass is 32.2. The molecule has 0 saturated carbocycles. The van der Waals surface area contributed by atoms with E-state index in [0.29, 0.717) is 16.9 Å². The van der Waals surface area contributed by atoms with Gasteiger partial charge in [-0.1, -0.05) is 42.5 Å². The van der Waals surface area contributed by atoms with Gasteiger partial charge in [-0.2, -0.15) is 13.5 Å². The van der Waals surface area contributed by atoms with Crippen LogP contribution in [0.1, 0.15) is 16.7 Å². The zero-order valence-corrected chi connectivity index (χ0v) is 15.9. The fourth-order valence-corrected chi connectivity index (χ4v) is 3.62. The van der Waals surface area contributed by atoms with Gasteiger partial charge in [0, 0.05) is 0 Å². The van der Waals surface area contributed by atoms with Crippen molar-refractivity contribution in [3.63, 3.8) is 0 Å². The van der Waals surface area contributed by atoms with E-state index >= 15 is 0 Å². The summed E-state index contributed by atoms with van der Waals surface area (Å²) < 4.78 is 30.7. The summed E-state index contributed by atoms with van der Waals surface area (Å²) in [5.74, 6) is 1.37. The van der Waals surface area contributed by atoms with Crippen molar-refractivity contribution in [1.29, 1.82) is 0 Å². The fraction of sp³-hybridized carbons (Fsp3) is 0.0952. The van der Waals surface area contributed by atoms with Gasteiger partial charge in [-0.15, -0.1) is 0 Å². The summed E-state index contributed by atoms with van der Waals surface area (Å²) in [5.41, 5.74) is 2.25. The molecular weight excluding hydrogens is 360 g/mol. The molecule has 3 aromatic carbocycles. The Morgan fingerprint density at radius 2 is 1.63 bits per heavy atom. The molecule has 0 aliphatic rings. The Bertz CT molecular complexity index is 1060. The van der Waals surface area contributed by atoms with Gasteiger partial charge in [0.05, 0.1) is 11.1 Å². The Hall–Kier alpha value is -3.12. The van der Waals surface area contributed by atoms with Gasteiger partial charge in [-0.25, -0.2) is 4.83 Å². The van der Waals surface area contributed by atoms with Crippen molar-refractivity contribution in [3.8, 4) is 11.5 Å². The van der Waals surface area contributed by atoms with Crippen molar-refractivity contribution in [3.05, 3.63) is 89.5 Å². The molecule has 5 nitrogen and oxygen atoms in total. The molecule has 0 radical (unpaired) electrons. The topological polar surface area (TPSA) is 67.8 Å². The number of aryl methyl sites for hydroxylation is 2. The van der Waals surface area contributed by atoms with E-state index in [0.717, 1.165) is 11.3 Å². The quantitative estimate of drug-likeness (QED) is 0.509. The molecule has 0 atom stereocenters. The molecule has 0 saturated heterocycles. The second-order valence-corrected chi connectivity index (χ2v) is 7.74. The van der Waals surface area contributed by atoms with Crippen LogP contribution >= 0.6 is 0 Å². The molecule has 1 N–H and O–H groups in total. The van der Waals surface area contributed by atoms with Gasteiger partial charge in [-0.05, 0) is 60.9 Å². The monoisotopic (exact) mass is 380 g/mol. The number of nitrogens with zero attached hydrogens (tertiary/aromatic N) is 1. The van der Waals surface area contributed by atoms with Crippen LogP contribution in [0, 0.1) is 13.8 Å². The lowest BCUT2D eigenvalue weighted by Gasteiger charge is -2.08. The first-order chi connectivity index (χ1) is 12.9. The highest BCUT2D eigenvalue weighted by Gasteiger charge is 2.15. The number of sulfonamides is 1. The molecule has 0 bridgehead atoms. The first-order valence-electron chi connectivity index (χ1n) is 8.39. The van der Waals surface area contributed by atoms with Crippen LogP contribution in [0.15, 0.2) is 82.8 Å². The molecule has 3 rings (SSSR count). The molecule has 0 aliphatic carbocycles. The summed E-state index contributed by atoms with van der Waals surface area (Å²) in [5, 5.41) is 3.89. The largest absolute Gasteiger partial charge is 0.457 e. The van der Waals surface area contributed by atoms with Crippen molar-refractivity contribution < 1.29 is 13.2 Å². The maximum atomic E-state index is 12.5. The zero-order chi connectivity index (χ0) is 19.3. The molecule has 0 spiro atoms. The standard InChI is InChI=1S/C21H20N2O3S/c1-16-11-12-17(2)21(13-16)27(24,25)23-22-15-18-7-6-10-20(14-18)26-19-8-4-3-5-9-19/h3-15,23H,1-2H3/b22-15+. The number of ether oxygens (including phenoxy) is 1. The van der Waals surface area contributed by atoms with Crippen LogP contribution in [-0.2, 0) is 10.0 Å². The Balaban J connectivity index is 1.73. The molecule has 0 fully saturated rings. The summed E-state index contributed by atoms with van der Waals surface area (Å²) in [6.45, 7) is 3.60. The normalized spacial score (nSPS) is 11.5. The van der Waals surface area contributed by atoms with E-state index in [1.165, 1.54) is 6.21 Å². The number of hydrazone groups is 1. The number of para-hydroxylation sites is 1. The van der Waals surface area contributed by atoms with E-state index in [2.05, 4.69) is 9.93 Å². The minimum Gasteiger partial charge on any atom is -0.457 e. The Morgan fingerprint density at radius 1 is 0.889 bits per heavy atom. The van der Waals surface area contributed by atoms with Gasteiger partial charge in [0.2, 0.25) is 0 Å². The molecule has 0 unspecified atom stereocenters. The van der Waals surface area contributed by atoms with E-state index in [1.807, 2.05) is 61.5 Å². The Morgan fingerprint density at radius 3 is 2.41 bits per heavy atom. The maximum absolute atomic E-state index is 12.5. The summed E-state index contributed by atoms with van der Waals surface area (Å²) in [6, 6.07) is 21.9. The Kier molecular flexibility index (Phi) is 5.57. The molecule has 0 heterocycles. The lowest BCUT2D eigenvalue weighted by atomic mass is 10.2. The van der Waals surface area contributed by atoms with Crippen LogP contribution in [0.2, 0.25) is 0 Å². The van der Waals surface area contributed by atoms with Gasteiger partial charge in [0.15, 0.2) is 0 Å². The van der Waals surface area contributed by atoms with E-state index < -0.39 is 10.0 Å². The number of nitrogens with one attached hydrogen (secondary N) is 1.